The zero-order chi connectivity index (χ0) is 16.3. The molecule has 1 aliphatic heterocycles. The summed E-state index contributed by atoms with van der Waals surface area (Å²) in [6, 6.07) is 5.31. The van der Waals surface area contributed by atoms with Gasteiger partial charge in [0.25, 0.3) is 0 Å². The molecule has 1 fully saturated rings. The van der Waals surface area contributed by atoms with Crippen molar-refractivity contribution in [3.63, 3.8) is 0 Å². The average Bonchev–Trinajstić information content (AvgIpc) is 2.49. The molecular weight excluding hydrogens is 321 g/mol. The smallest absolute Gasteiger partial charge is 0.137 e. The van der Waals surface area contributed by atoms with E-state index in [1.165, 1.54) is 0 Å². The molecule has 1 aromatic carbocycles. The van der Waals surface area contributed by atoms with Gasteiger partial charge in [0.05, 0.1) is 16.1 Å². The maximum absolute atomic E-state index is 10.9. The maximum atomic E-state index is 10.9. The summed E-state index contributed by atoms with van der Waals surface area (Å²) < 4.78 is 0. The lowest BCUT2D eigenvalue weighted by atomic mass is 9.85. The number of anilines is 1. The standard InChI is InChI=1S/C16H23Cl2N3O/c1-16(2,15(19)10-22)11-20-5-7-21(8-6-20)12-3-4-13(17)14(18)9-12/h3-4,9-10,15H,5-8,11,19H2,1-2H3/t15-/m0/s1. The third-order valence-corrected chi connectivity index (χ3v) is 5.06. The van der Waals surface area contributed by atoms with E-state index in [0.717, 1.165) is 44.7 Å². The van der Waals surface area contributed by atoms with Crippen molar-refractivity contribution >= 4 is 35.2 Å². The fourth-order valence-corrected chi connectivity index (χ4v) is 3.00. The van der Waals surface area contributed by atoms with Crippen LogP contribution in [0.2, 0.25) is 10.0 Å². The van der Waals surface area contributed by atoms with Gasteiger partial charge in [0.2, 0.25) is 0 Å². The van der Waals surface area contributed by atoms with Crippen LogP contribution in [-0.2, 0) is 4.79 Å². The Morgan fingerprint density at radius 2 is 1.86 bits per heavy atom. The molecule has 0 aliphatic carbocycles. The zero-order valence-corrected chi connectivity index (χ0v) is 14.6. The minimum Gasteiger partial charge on any atom is -0.369 e. The van der Waals surface area contributed by atoms with Crippen molar-refractivity contribution in [3.05, 3.63) is 28.2 Å². The van der Waals surface area contributed by atoms with Crippen LogP contribution in [-0.4, -0.2) is 50.0 Å². The summed E-state index contributed by atoms with van der Waals surface area (Å²) in [5.41, 5.74) is 6.77. The lowest BCUT2D eigenvalue weighted by Crippen LogP contribution is -2.52. The highest BCUT2D eigenvalue weighted by atomic mass is 35.5. The van der Waals surface area contributed by atoms with Gasteiger partial charge in [-0.25, -0.2) is 0 Å². The van der Waals surface area contributed by atoms with Gasteiger partial charge < -0.3 is 15.4 Å². The second-order valence-electron chi connectivity index (χ2n) is 6.51. The predicted molar refractivity (Wildman–Crippen MR) is 92.9 cm³/mol. The second-order valence-corrected chi connectivity index (χ2v) is 7.33. The Balaban J connectivity index is 1.93. The van der Waals surface area contributed by atoms with Gasteiger partial charge in [-0.15, -0.1) is 0 Å². The number of carbonyl (C=O) groups excluding carboxylic acids is 1. The highest BCUT2D eigenvalue weighted by Crippen LogP contribution is 2.28. The number of hydrogen-bond acceptors (Lipinski definition) is 4. The van der Waals surface area contributed by atoms with E-state index >= 15 is 0 Å². The van der Waals surface area contributed by atoms with Crippen molar-refractivity contribution in [1.29, 1.82) is 0 Å². The Hall–Kier alpha value is -0.810. The van der Waals surface area contributed by atoms with E-state index in [4.69, 9.17) is 28.9 Å². The molecule has 0 spiro atoms. The number of nitrogens with zero attached hydrogens (tertiary/aromatic N) is 2. The molecule has 2 rings (SSSR count). The van der Waals surface area contributed by atoms with E-state index in [2.05, 4.69) is 9.80 Å². The second kappa shape index (κ2) is 7.18. The topological polar surface area (TPSA) is 49.6 Å². The lowest BCUT2D eigenvalue weighted by Gasteiger charge is -2.40. The van der Waals surface area contributed by atoms with Crippen molar-refractivity contribution in [2.75, 3.05) is 37.6 Å². The first-order valence-corrected chi connectivity index (χ1v) is 8.22. The number of nitrogens with two attached hydrogens (primary N) is 1. The average molecular weight is 344 g/mol. The van der Waals surface area contributed by atoms with E-state index < -0.39 is 6.04 Å². The van der Waals surface area contributed by atoms with Crippen LogP contribution in [0.25, 0.3) is 0 Å². The Kier molecular flexibility index (Phi) is 5.72. The van der Waals surface area contributed by atoms with Crippen molar-refractivity contribution in [3.8, 4) is 0 Å². The molecule has 0 amide bonds. The molecule has 1 aromatic rings. The fourth-order valence-electron chi connectivity index (χ4n) is 2.71. The quantitative estimate of drug-likeness (QED) is 0.835. The van der Waals surface area contributed by atoms with Crippen LogP contribution in [0.1, 0.15) is 13.8 Å². The summed E-state index contributed by atoms with van der Waals surface area (Å²) in [5, 5.41) is 1.16. The molecule has 1 saturated heterocycles. The normalized spacial score (nSPS) is 18.3. The van der Waals surface area contributed by atoms with E-state index in [1.807, 2.05) is 32.0 Å². The highest BCUT2D eigenvalue weighted by Gasteiger charge is 2.30. The molecule has 0 unspecified atom stereocenters. The Morgan fingerprint density at radius 1 is 1.23 bits per heavy atom. The molecule has 1 aliphatic rings. The van der Waals surface area contributed by atoms with Crippen LogP contribution in [0, 0.1) is 5.41 Å². The number of piperazine rings is 1. The van der Waals surface area contributed by atoms with E-state index in [9.17, 15) is 4.79 Å². The van der Waals surface area contributed by atoms with Gasteiger partial charge in [-0.2, -0.15) is 0 Å². The van der Waals surface area contributed by atoms with Crippen molar-refractivity contribution in [2.24, 2.45) is 11.1 Å². The predicted octanol–water partition coefficient (Wildman–Crippen LogP) is 2.67. The minimum atomic E-state index is -0.430. The molecule has 0 saturated carbocycles. The van der Waals surface area contributed by atoms with Gasteiger partial charge in [-0.1, -0.05) is 37.0 Å². The summed E-state index contributed by atoms with van der Waals surface area (Å²) in [6.45, 7) is 8.62. The number of rotatable bonds is 5. The molecule has 4 nitrogen and oxygen atoms in total. The van der Waals surface area contributed by atoms with E-state index in [1.54, 1.807) is 0 Å². The van der Waals surface area contributed by atoms with Crippen LogP contribution in [0.5, 0.6) is 0 Å². The third-order valence-electron chi connectivity index (χ3n) is 4.32. The van der Waals surface area contributed by atoms with Gasteiger partial charge in [0, 0.05) is 38.4 Å². The number of aldehydes is 1. The largest absolute Gasteiger partial charge is 0.369 e. The Bertz CT molecular complexity index is 528. The van der Waals surface area contributed by atoms with Gasteiger partial charge in [0.15, 0.2) is 0 Å². The van der Waals surface area contributed by atoms with Gasteiger partial charge in [-0.3, -0.25) is 4.90 Å². The van der Waals surface area contributed by atoms with Crippen LogP contribution in [0.3, 0.4) is 0 Å². The van der Waals surface area contributed by atoms with E-state index in [-0.39, 0.29) is 5.41 Å². The summed E-state index contributed by atoms with van der Waals surface area (Å²) in [6.07, 6.45) is 0.839. The Morgan fingerprint density at radius 3 is 2.41 bits per heavy atom. The molecule has 0 radical (unpaired) electrons. The molecule has 122 valence electrons. The summed E-state index contributed by atoms with van der Waals surface area (Å²) >= 11 is 12.0. The van der Waals surface area contributed by atoms with Crippen LogP contribution in [0.15, 0.2) is 18.2 Å². The molecule has 0 aromatic heterocycles. The van der Waals surface area contributed by atoms with Gasteiger partial charge in [-0.05, 0) is 23.6 Å². The monoisotopic (exact) mass is 343 g/mol. The van der Waals surface area contributed by atoms with E-state index in [0.29, 0.717) is 10.0 Å². The van der Waals surface area contributed by atoms with Crippen LogP contribution >= 0.6 is 23.2 Å². The van der Waals surface area contributed by atoms with Crippen molar-refractivity contribution in [1.82, 2.24) is 4.90 Å². The first kappa shape index (κ1) is 17.5. The molecule has 1 atom stereocenters. The fraction of sp³-hybridized carbons (Fsp3) is 0.562. The molecule has 22 heavy (non-hydrogen) atoms. The SMILES string of the molecule is CC(C)(CN1CCN(c2ccc(Cl)c(Cl)c2)CC1)[C@@H](N)C=O. The minimum absolute atomic E-state index is 0.215. The maximum Gasteiger partial charge on any atom is 0.137 e. The van der Waals surface area contributed by atoms with Crippen LogP contribution in [0.4, 0.5) is 5.69 Å². The lowest BCUT2D eigenvalue weighted by molar-refractivity contribution is -0.111. The number of halogens is 2. The van der Waals surface area contributed by atoms with Crippen LogP contribution < -0.4 is 10.6 Å². The number of carbonyl (C=O) groups is 1. The summed E-state index contributed by atoms with van der Waals surface area (Å²) in [5.74, 6) is 0. The highest BCUT2D eigenvalue weighted by molar-refractivity contribution is 6.42. The summed E-state index contributed by atoms with van der Waals surface area (Å²) in [7, 11) is 0. The third kappa shape index (κ3) is 4.13. The van der Waals surface area contributed by atoms with Gasteiger partial charge in [0.1, 0.15) is 6.29 Å². The molecule has 1 heterocycles. The van der Waals surface area contributed by atoms with Gasteiger partial charge >= 0.3 is 0 Å². The summed E-state index contributed by atoms with van der Waals surface area (Å²) in [4.78, 5) is 15.6. The molecular formula is C16H23Cl2N3O. The number of hydrogen-bond donors (Lipinski definition) is 1. The van der Waals surface area contributed by atoms with Crippen molar-refractivity contribution < 1.29 is 4.79 Å². The first-order valence-electron chi connectivity index (χ1n) is 7.47. The molecule has 0 bridgehead atoms. The first-order chi connectivity index (χ1) is 10.3. The molecule has 6 heteroatoms. The molecule has 2 N–H and O–H groups in total. The number of benzene rings is 1. The van der Waals surface area contributed by atoms with Crippen molar-refractivity contribution in [2.45, 2.75) is 19.9 Å². The zero-order valence-electron chi connectivity index (χ0n) is 13.1. The Labute approximate surface area is 142 Å².